The molecule has 1 aliphatic rings. The lowest BCUT2D eigenvalue weighted by Gasteiger charge is -2.20. The summed E-state index contributed by atoms with van der Waals surface area (Å²) in [7, 11) is 0. The van der Waals surface area contributed by atoms with Crippen LogP contribution < -0.4 is 5.32 Å². The van der Waals surface area contributed by atoms with Gasteiger partial charge in [-0.15, -0.1) is 0 Å². The molecule has 0 spiro atoms. The normalized spacial score (nSPS) is 31.7. The van der Waals surface area contributed by atoms with Crippen molar-refractivity contribution in [3.05, 3.63) is 10.4 Å². The molecule has 0 aliphatic carbocycles. The number of rotatable bonds is 2. The zero-order chi connectivity index (χ0) is 7.45. The van der Waals surface area contributed by atoms with E-state index >= 15 is 0 Å². The molecule has 4 nitrogen and oxygen atoms in total. The van der Waals surface area contributed by atoms with E-state index in [0.29, 0.717) is 6.54 Å². The molecule has 1 fully saturated rings. The van der Waals surface area contributed by atoms with Crippen molar-refractivity contribution in [1.82, 2.24) is 5.32 Å². The minimum absolute atomic E-state index is 0.0756. The third-order valence-electron chi connectivity index (χ3n) is 1.94. The predicted octanol–water partition coefficient (Wildman–Crippen LogP) is 1.44. The summed E-state index contributed by atoms with van der Waals surface area (Å²) < 4.78 is 0. The summed E-state index contributed by atoms with van der Waals surface area (Å²) in [5.41, 5.74) is 8.15. The fraction of sp³-hybridized carbons (Fsp3) is 1.00. The molecule has 1 atom stereocenters. The van der Waals surface area contributed by atoms with Crippen LogP contribution in [0.2, 0.25) is 0 Å². The second kappa shape index (κ2) is 2.90. The molecule has 1 saturated heterocycles. The van der Waals surface area contributed by atoms with E-state index in [1.54, 1.807) is 0 Å². The van der Waals surface area contributed by atoms with Gasteiger partial charge in [-0.2, -0.15) is 0 Å². The first-order valence-electron chi connectivity index (χ1n) is 3.53. The Kier molecular flexibility index (Phi) is 2.14. The quantitative estimate of drug-likeness (QED) is 0.352. The van der Waals surface area contributed by atoms with Gasteiger partial charge in [-0.25, -0.2) is 0 Å². The number of hydrogen-bond donors (Lipinski definition) is 1. The average molecular weight is 140 g/mol. The predicted molar refractivity (Wildman–Crippen MR) is 39.7 cm³/mol. The average Bonchev–Trinajstić information content (AvgIpc) is 2.33. The SMILES string of the molecule is CC1(CN=[N+]=[N-])CCCN1. The monoisotopic (exact) mass is 140 g/mol. The first-order chi connectivity index (χ1) is 4.77. The molecule has 4 heteroatoms. The van der Waals surface area contributed by atoms with Gasteiger partial charge in [0, 0.05) is 17.0 Å². The van der Waals surface area contributed by atoms with Gasteiger partial charge >= 0.3 is 0 Å². The third kappa shape index (κ3) is 1.62. The Balaban J connectivity index is 2.42. The molecule has 0 amide bonds. The first kappa shape index (κ1) is 7.38. The van der Waals surface area contributed by atoms with Crippen LogP contribution in [0.3, 0.4) is 0 Å². The van der Waals surface area contributed by atoms with Crippen molar-refractivity contribution < 1.29 is 0 Å². The molecular formula is C6H12N4. The standard InChI is InChI=1S/C6H12N4/c1-6(5-9-10-7)3-2-4-8-6/h8H,2-5H2,1H3. The van der Waals surface area contributed by atoms with Crippen molar-refractivity contribution in [2.24, 2.45) is 5.11 Å². The van der Waals surface area contributed by atoms with Gasteiger partial charge in [-0.3, -0.25) is 0 Å². The summed E-state index contributed by atoms with van der Waals surface area (Å²) in [6, 6.07) is 0. The molecule has 0 bridgehead atoms. The van der Waals surface area contributed by atoms with Gasteiger partial charge < -0.3 is 5.32 Å². The van der Waals surface area contributed by atoms with Gasteiger partial charge in [0.05, 0.1) is 0 Å². The summed E-state index contributed by atoms with van der Waals surface area (Å²) in [4.78, 5) is 2.73. The Hall–Kier alpha value is -0.730. The highest BCUT2D eigenvalue weighted by Crippen LogP contribution is 2.18. The van der Waals surface area contributed by atoms with Crippen LogP contribution >= 0.6 is 0 Å². The van der Waals surface area contributed by atoms with Crippen LogP contribution in [-0.4, -0.2) is 18.6 Å². The molecule has 1 unspecified atom stereocenters. The zero-order valence-corrected chi connectivity index (χ0v) is 6.17. The molecule has 1 aliphatic heterocycles. The lowest BCUT2D eigenvalue weighted by Crippen LogP contribution is -2.38. The highest BCUT2D eigenvalue weighted by Gasteiger charge is 2.26. The Morgan fingerprint density at radius 3 is 3.10 bits per heavy atom. The third-order valence-corrected chi connectivity index (χ3v) is 1.94. The van der Waals surface area contributed by atoms with E-state index in [9.17, 15) is 0 Å². The van der Waals surface area contributed by atoms with Gasteiger partial charge in [0.25, 0.3) is 0 Å². The van der Waals surface area contributed by atoms with Crippen LogP contribution in [0.1, 0.15) is 19.8 Å². The van der Waals surface area contributed by atoms with Crippen LogP contribution in [0.25, 0.3) is 10.4 Å². The fourth-order valence-corrected chi connectivity index (χ4v) is 1.28. The minimum Gasteiger partial charge on any atom is -0.311 e. The van der Waals surface area contributed by atoms with E-state index in [1.807, 2.05) is 0 Å². The molecule has 10 heavy (non-hydrogen) atoms. The summed E-state index contributed by atoms with van der Waals surface area (Å²) in [6.45, 7) is 3.72. The lowest BCUT2D eigenvalue weighted by molar-refractivity contribution is 0.426. The summed E-state index contributed by atoms with van der Waals surface area (Å²) >= 11 is 0. The van der Waals surface area contributed by atoms with Crippen LogP contribution in [0.4, 0.5) is 0 Å². The Morgan fingerprint density at radius 1 is 1.80 bits per heavy atom. The minimum atomic E-state index is 0.0756. The van der Waals surface area contributed by atoms with Gasteiger partial charge in [-0.1, -0.05) is 5.11 Å². The van der Waals surface area contributed by atoms with E-state index in [1.165, 1.54) is 6.42 Å². The van der Waals surface area contributed by atoms with Crippen LogP contribution in [0.15, 0.2) is 5.11 Å². The smallest absolute Gasteiger partial charge is 0.0438 e. The second-order valence-electron chi connectivity index (χ2n) is 2.98. The zero-order valence-electron chi connectivity index (χ0n) is 6.17. The molecule has 0 saturated carbocycles. The molecular weight excluding hydrogens is 128 g/mol. The van der Waals surface area contributed by atoms with E-state index in [0.717, 1.165) is 13.0 Å². The largest absolute Gasteiger partial charge is 0.311 e. The van der Waals surface area contributed by atoms with Gasteiger partial charge in [0.15, 0.2) is 0 Å². The van der Waals surface area contributed by atoms with Crippen molar-refractivity contribution >= 4 is 0 Å². The fourth-order valence-electron chi connectivity index (χ4n) is 1.28. The number of hydrogen-bond acceptors (Lipinski definition) is 2. The lowest BCUT2D eigenvalue weighted by atomic mass is 10.0. The maximum absolute atomic E-state index is 8.07. The first-order valence-corrected chi connectivity index (χ1v) is 3.53. The second-order valence-corrected chi connectivity index (χ2v) is 2.98. The van der Waals surface area contributed by atoms with Crippen molar-refractivity contribution in [3.63, 3.8) is 0 Å². The molecule has 0 radical (unpaired) electrons. The topological polar surface area (TPSA) is 60.8 Å². The van der Waals surface area contributed by atoms with Gasteiger partial charge in [0.1, 0.15) is 0 Å². The van der Waals surface area contributed by atoms with Gasteiger partial charge in [-0.05, 0) is 31.8 Å². The molecule has 56 valence electrons. The van der Waals surface area contributed by atoms with E-state index in [2.05, 4.69) is 22.3 Å². The molecule has 1 heterocycles. The summed E-state index contributed by atoms with van der Waals surface area (Å²) in [6.07, 6.45) is 2.31. The maximum atomic E-state index is 8.07. The Bertz CT molecular complexity index is 153. The number of nitrogens with one attached hydrogen (secondary N) is 1. The van der Waals surface area contributed by atoms with Crippen molar-refractivity contribution in [1.29, 1.82) is 0 Å². The van der Waals surface area contributed by atoms with Crippen LogP contribution in [-0.2, 0) is 0 Å². The van der Waals surface area contributed by atoms with Gasteiger partial charge in [0.2, 0.25) is 0 Å². The van der Waals surface area contributed by atoms with Crippen molar-refractivity contribution in [3.8, 4) is 0 Å². The Labute approximate surface area is 60.2 Å². The Morgan fingerprint density at radius 2 is 2.60 bits per heavy atom. The highest BCUT2D eigenvalue weighted by atomic mass is 15.2. The van der Waals surface area contributed by atoms with Crippen molar-refractivity contribution in [2.75, 3.05) is 13.1 Å². The van der Waals surface area contributed by atoms with E-state index in [-0.39, 0.29) is 5.54 Å². The van der Waals surface area contributed by atoms with Crippen LogP contribution in [0, 0.1) is 0 Å². The molecule has 1 rings (SSSR count). The maximum Gasteiger partial charge on any atom is 0.0438 e. The molecule has 0 aromatic rings. The summed E-state index contributed by atoms with van der Waals surface area (Å²) in [5, 5.41) is 6.85. The van der Waals surface area contributed by atoms with E-state index < -0.39 is 0 Å². The molecule has 1 N–H and O–H groups in total. The van der Waals surface area contributed by atoms with Crippen LogP contribution in [0.5, 0.6) is 0 Å². The highest BCUT2D eigenvalue weighted by molar-refractivity contribution is 4.90. The summed E-state index contributed by atoms with van der Waals surface area (Å²) in [5.74, 6) is 0. The molecule has 0 aromatic heterocycles. The van der Waals surface area contributed by atoms with Crippen molar-refractivity contribution in [2.45, 2.75) is 25.3 Å². The number of azide groups is 1. The number of nitrogens with zero attached hydrogens (tertiary/aromatic N) is 3. The van der Waals surface area contributed by atoms with E-state index in [4.69, 9.17) is 5.53 Å². The molecule has 0 aromatic carbocycles.